The lowest BCUT2D eigenvalue weighted by atomic mass is 9.63. The Kier molecular flexibility index (Phi) is 7.50. The Morgan fingerprint density at radius 3 is 2.37 bits per heavy atom. The maximum Gasteiger partial charge on any atom is 0.336 e. The summed E-state index contributed by atoms with van der Waals surface area (Å²) in [5, 5.41) is 1.91. The maximum atomic E-state index is 14.1. The van der Waals surface area contributed by atoms with Gasteiger partial charge in [0.2, 0.25) is 0 Å². The van der Waals surface area contributed by atoms with Gasteiger partial charge in [-0.25, -0.2) is 4.79 Å². The van der Waals surface area contributed by atoms with Gasteiger partial charge in [0.1, 0.15) is 11.7 Å². The second kappa shape index (κ2) is 10.6. The van der Waals surface area contributed by atoms with E-state index in [2.05, 4.69) is 0 Å². The fourth-order valence-electron chi connectivity index (χ4n) is 5.10. The Labute approximate surface area is 208 Å². The molecule has 1 aliphatic heterocycles. The van der Waals surface area contributed by atoms with Gasteiger partial charge >= 0.3 is 11.9 Å². The minimum Gasteiger partial charge on any atom is -0.497 e. The highest BCUT2D eigenvalue weighted by molar-refractivity contribution is 7.10. The molecule has 0 amide bonds. The number of fused-ring (bicyclic) bond motifs is 1. The standard InChI is InChI=1S/C27H29NO6S/c1-5-33-26(30)21-15(3)28-19-14-18(16-9-11-17(32-4)12-10-16)22(27(31)34-6-2)25(29)23(19)24(21)20-8-7-13-35-20/h7-13,18,22-24H,5-6,14H2,1-4H3/t18-,22-,23?,24+/m0/s1. The topological polar surface area (TPSA) is 91.3 Å². The smallest absolute Gasteiger partial charge is 0.336 e. The molecule has 1 unspecified atom stereocenters. The maximum absolute atomic E-state index is 14.1. The molecule has 8 heteroatoms. The van der Waals surface area contributed by atoms with Gasteiger partial charge in [0.05, 0.1) is 31.8 Å². The number of rotatable bonds is 7. The minimum absolute atomic E-state index is 0.172. The molecule has 0 spiro atoms. The van der Waals surface area contributed by atoms with E-state index >= 15 is 0 Å². The van der Waals surface area contributed by atoms with Gasteiger partial charge < -0.3 is 14.2 Å². The van der Waals surface area contributed by atoms with Crippen LogP contribution in [-0.4, -0.2) is 43.8 Å². The first-order valence-electron chi connectivity index (χ1n) is 11.7. The third-order valence-electron chi connectivity index (χ3n) is 6.58. The molecule has 0 N–H and O–H groups in total. The number of ketones is 1. The van der Waals surface area contributed by atoms with Gasteiger partial charge in [-0.2, -0.15) is 0 Å². The van der Waals surface area contributed by atoms with E-state index in [1.54, 1.807) is 27.9 Å². The molecule has 7 nitrogen and oxygen atoms in total. The Morgan fingerprint density at radius 1 is 1.06 bits per heavy atom. The van der Waals surface area contributed by atoms with E-state index in [4.69, 9.17) is 19.2 Å². The number of methoxy groups -OCH3 is 1. The zero-order valence-electron chi connectivity index (χ0n) is 20.3. The molecule has 2 heterocycles. The number of carbonyl (C=O) groups excluding carboxylic acids is 3. The van der Waals surface area contributed by atoms with Crippen molar-refractivity contribution in [1.82, 2.24) is 0 Å². The number of nitrogens with zero attached hydrogens (tertiary/aromatic N) is 1. The zero-order chi connectivity index (χ0) is 25.1. The van der Waals surface area contributed by atoms with Crippen LogP contribution in [-0.2, 0) is 23.9 Å². The lowest BCUT2D eigenvalue weighted by Gasteiger charge is -2.40. The third-order valence-corrected chi connectivity index (χ3v) is 7.53. The van der Waals surface area contributed by atoms with Crippen molar-refractivity contribution in [1.29, 1.82) is 0 Å². The monoisotopic (exact) mass is 495 g/mol. The van der Waals surface area contributed by atoms with Gasteiger partial charge in [0, 0.05) is 28.1 Å². The van der Waals surface area contributed by atoms with Gasteiger partial charge in [0.15, 0.2) is 5.78 Å². The SMILES string of the molecule is CCOC(=O)C1=C(C)N=C2C[C@@H](c3ccc(OC)cc3)[C@H](C(=O)OCC)C(=O)C2[C@@H]1c1cccs1. The predicted octanol–water partition coefficient (Wildman–Crippen LogP) is 4.68. The second-order valence-corrected chi connectivity index (χ2v) is 9.49. The Morgan fingerprint density at radius 2 is 1.77 bits per heavy atom. The molecule has 1 fully saturated rings. The molecule has 4 rings (SSSR count). The van der Waals surface area contributed by atoms with E-state index in [1.807, 2.05) is 41.8 Å². The average molecular weight is 496 g/mol. The highest BCUT2D eigenvalue weighted by Crippen LogP contribution is 2.49. The van der Waals surface area contributed by atoms with Crippen LogP contribution in [0.2, 0.25) is 0 Å². The van der Waals surface area contributed by atoms with Crippen LogP contribution in [0.3, 0.4) is 0 Å². The van der Waals surface area contributed by atoms with Crippen molar-refractivity contribution < 1.29 is 28.6 Å². The number of Topliss-reactive ketones (excluding diaryl/α,β-unsaturated/α-hetero) is 1. The number of allylic oxidation sites excluding steroid dienone is 1. The van der Waals surface area contributed by atoms with Crippen LogP contribution >= 0.6 is 11.3 Å². The summed E-state index contributed by atoms with van der Waals surface area (Å²) in [6.45, 7) is 5.63. The Balaban J connectivity index is 1.84. The molecule has 35 heavy (non-hydrogen) atoms. The molecule has 0 saturated heterocycles. The summed E-state index contributed by atoms with van der Waals surface area (Å²) in [4.78, 5) is 45.9. The highest BCUT2D eigenvalue weighted by atomic mass is 32.1. The number of esters is 2. The van der Waals surface area contributed by atoms with E-state index in [-0.39, 0.29) is 19.0 Å². The predicted molar refractivity (Wildman–Crippen MR) is 133 cm³/mol. The van der Waals surface area contributed by atoms with E-state index in [0.29, 0.717) is 29.2 Å². The normalized spacial score (nSPS) is 23.9. The fourth-order valence-corrected chi connectivity index (χ4v) is 5.97. The molecular weight excluding hydrogens is 466 g/mol. The van der Waals surface area contributed by atoms with Gasteiger partial charge in [-0.1, -0.05) is 18.2 Å². The van der Waals surface area contributed by atoms with Crippen LogP contribution < -0.4 is 4.74 Å². The summed E-state index contributed by atoms with van der Waals surface area (Å²) < 4.78 is 16.0. The molecule has 1 aromatic heterocycles. The van der Waals surface area contributed by atoms with Crippen molar-refractivity contribution in [3.8, 4) is 5.75 Å². The van der Waals surface area contributed by atoms with Gasteiger partial charge in [-0.3, -0.25) is 14.6 Å². The van der Waals surface area contributed by atoms with Crippen LogP contribution in [0.4, 0.5) is 0 Å². The lowest BCUT2D eigenvalue weighted by Crippen LogP contribution is -2.48. The van der Waals surface area contributed by atoms with Crippen molar-refractivity contribution in [3.05, 3.63) is 63.5 Å². The first-order chi connectivity index (χ1) is 16.9. The number of benzene rings is 1. The first kappa shape index (κ1) is 24.9. The zero-order valence-corrected chi connectivity index (χ0v) is 21.1. The van der Waals surface area contributed by atoms with Crippen LogP contribution in [0.15, 0.2) is 58.0 Å². The van der Waals surface area contributed by atoms with E-state index in [0.717, 1.165) is 10.4 Å². The molecule has 2 aromatic rings. The van der Waals surface area contributed by atoms with Crippen molar-refractivity contribution >= 4 is 34.8 Å². The molecule has 1 aliphatic carbocycles. The molecule has 4 atom stereocenters. The Bertz CT molecular complexity index is 1160. The minimum atomic E-state index is -1.00. The van der Waals surface area contributed by atoms with E-state index in [9.17, 15) is 14.4 Å². The average Bonchev–Trinajstić information content (AvgIpc) is 3.38. The van der Waals surface area contributed by atoms with Crippen molar-refractivity contribution in [2.75, 3.05) is 20.3 Å². The molecule has 1 saturated carbocycles. The molecule has 0 bridgehead atoms. The molecule has 1 aromatic carbocycles. The van der Waals surface area contributed by atoms with E-state index in [1.165, 1.54) is 11.3 Å². The quantitative estimate of drug-likeness (QED) is 0.409. The number of thiophene rings is 1. The molecule has 2 aliphatic rings. The van der Waals surface area contributed by atoms with Crippen LogP contribution in [0.5, 0.6) is 5.75 Å². The number of carbonyl (C=O) groups is 3. The summed E-state index contributed by atoms with van der Waals surface area (Å²) in [5.74, 6) is -3.34. The number of ether oxygens (including phenoxy) is 3. The van der Waals surface area contributed by atoms with Gasteiger partial charge in [-0.05, 0) is 56.3 Å². The summed E-state index contributed by atoms with van der Waals surface area (Å²) in [7, 11) is 1.59. The third kappa shape index (κ3) is 4.67. The fraction of sp³-hybridized carbons (Fsp3) is 0.407. The summed E-state index contributed by atoms with van der Waals surface area (Å²) in [6, 6.07) is 11.2. The van der Waals surface area contributed by atoms with E-state index < -0.39 is 35.6 Å². The molecule has 184 valence electrons. The summed E-state index contributed by atoms with van der Waals surface area (Å²) in [6.07, 6.45) is 0.404. The second-order valence-electron chi connectivity index (χ2n) is 8.51. The lowest BCUT2D eigenvalue weighted by molar-refractivity contribution is -0.153. The molecule has 0 radical (unpaired) electrons. The van der Waals surface area contributed by atoms with Gasteiger partial charge in [0.25, 0.3) is 0 Å². The highest BCUT2D eigenvalue weighted by Gasteiger charge is 2.53. The number of hydrogen-bond donors (Lipinski definition) is 0. The number of aliphatic imine (C=N–C) groups is 1. The largest absolute Gasteiger partial charge is 0.497 e. The van der Waals surface area contributed by atoms with Crippen molar-refractivity contribution in [3.63, 3.8) is 0 Å². The molecular formula is C27H29NO6S. The number of hydrogen-bond acceptors (Lipinski definition) is 8. The van der Waals surface area contributed by atoms with Crippen molar-refractivity contribution in [2.24, 2.45) is 16.8 Å². The Hall–Kier alpha value is -3.26. The van der Waals surface area contributed by atoms with Crippen molar-refractivity contribution in [2.45, 2.75) is 39.0 Å². The summed E-state index contributed by atoms with van der Waals surface area (Å²) >= 11 is 1.47. The van der Waals surface area contributed by atoms with Crippen LogP contribution in [0, 0.1) is 11.8 Å². The first-order valence-corrected chi connectivity index (χ1v) is 12.6. The van der Waals surface area contributed by atoms with Crippen LogP contribution in [0.25, 0.3) is 0 Å². The van der Waals surface area contributed by atoms with Gasteiger partial charge in [-0.15, -0.1) is 11.3 Å². The van der Waals surface area contributed by atoms with Crippen LogP contribution in [0.1, 0.15) is 49.5 Å². The summed E-state index contributed by atoms with van der Waals surface area (Å²) in [5.41, 5.74) is 2.44.